The monoisotopic (exact) mass is 426 g/mol. The lowest BCUT2D eigenvalue weighted by molar-refractivity contribution is -0.116. The summed E-state index contributed by atoms with van der Waals surface area (Å²) < 4.78 is 0. The summed E-state index contributed by atoms with van der Waals surface area (Å²) in [6.45, 7) is 4.27. The summed E-state index contributed by atoms with van der Waals surface area (Å²) in [6.07, 6.45) is 2.18. The summed E-state index contributed by atoms with van der Waals surface area (Å²) >= 11 is 5.92. The molecule has 0 bridgehead atoms. The highest BCUT2D eigenvalue weighted by Gasteiger charge is 2.31. The van der Waals surface area contributed by atoms with Crippen molar-refractivity contribution < 1.29 is 14.7 Å². The molecule has 2 N–H and O–H groups in total. The molecule has 158 valence electrons. The number of anilines is 2. The maximum absolute atomic E-state index is 12.8. The first kappa shape index (κ1) is 21.9. The molecule has 0 aliphatic heterocycles. The van der Waals surface area contributed by atoms with E-state index in [0.29, 0.717) is 42.2 Å². The van der Waals surface area contributed by atoms with Crippen molar-refractivity contribution in [2.24, 2.45) is 5.16 Å². The number of aliphatic hydroxyl groups excluding tert-OH is 1. The molecule has 0 saturated carbocycles. The van der Waals surface area contributed by atoms with E-state index in [1.165, 1.54) is 0 Å². The van der Waals surface area contributed by atoms with Gasteiger partial charge in [0.25, 0.3) is 0 Å². The molecule has 6 heteroatoms. The average Bonchev–Trinajstić information content (AvgIpc) is 2.73. The predicted octanol–water partition coefficient (Wildman–Crippen LogP) is 6.53. The van der Waals surface area contributed by atoms with Gasteiger partial charge in [-0.2, -0.15) is 0 Å². The first-order valence-corrected chi connectivity index (χ1v) is 10.7. The second kappa shape index (κ2) is 10.3. The van der Waals surface area contributed by atoms with Crippen LogP contribution in [0.1, 0.15) is 51.0 Å². The van der Waals surface area contributed by atoms with Crippen LogP contribution < -0.4 is 5.32 Å². The number of carbonyl (C=O) groups is 1. The smallest absolute Gasteiger partial charge is 0.168 e. The second-order valence-corrected chi connectivity index (χ2v) is 7.75. The Morgan fingerprint density at radius 1 is 1.10 bits per heavy atom. The van der Waals surface area contributed by atoms with Gasteiger partial charge in [-0.05, 0) is 61.2 Å². The first-order chi connectivity index (χ1) is 14.5. The van der Waals surface area contributed by atoms with Crippen LogP contribution in [0.25, 0.3) is 0 Å². The van der Waals surface area contributed by atoms with Gasteiger partial charge < -0.3 is 15.3 Å². The van der Waals surface area contributed by atoms with Crippen LogP contribution in [0.15, 0.2) is 65.0 Å². The van der Waals surface area contributed by atoms with Crippen molar-refractivity contribution in [1.29, 1.82) is 0 Å². The molecule has 0 radical (unpaired) electrons. The third-order valence-electron chi connectivity index (χ3n) is 5.03. The Morgan fingerprint density at radius 3 is 2.30 bits per heavy atom. The van der Waals surface area contributed by atoms with Gasteiger partial charge in [-0.15, -0.1) is 0 Å². The van der Waals surface area contributed by atoms with E-state index in [1.54, 1.807) is 0 Å². The van der Waals surface area contributed by atoms with Gasteiger partial charge in [-0.25, -0.2) is 0 Å². The molecule has 0 fully saturated rings. The Morgan fingerprint density at radius 2 is 1.73 bits per heavy atom. The molecule has 1 unspecified atom stereocenters. The van der Waals surface area contributed by atoms with Gasteiger partial charge in [0, 0.05) is 29.2 Å². The molecule has 2 aromatic rings. The lowest BCUT2D eigenvalue weighted by Gasteiger charge is -2.24. The molecular weight excluding hydrogens is 400 g/mol. The zero-order chi connectivity index (χ0) is 21.5. The van der Waals surface area contributed by atoms with Crippen LogP contribution in [0.3, 0.4) is 0 Å². The van der Waals surface area contributed by atoms with Crippen LogP contribution in [0.5, 0.6) is 0 Å². The number of Topliss-reactive ketones (excluding diaryl/α,β-unsaturated/α-hetero) is 1. The highest BCUT2D eigenvalue weighted by molar-refractivity contribution is 6.30. The number of aliphatic hydroxyl groups is 1. The summed E-state index contributed by atoms with van der Waals surface area (Å²) in [4.78, 5) is 18.0. The molecule has 1 atom stereocenters. The maximum Gasteiger partial charge on any atom is 0.168 e. The van der Waals surface area contributed by atoms with Crippen LogP contribution in [-0.4, -0.2) is 23.2 Å². The Bertz CT molecular complexity index is 934. The topological polar surface area (TPSA) is 70.9 Å². The predicted molar refractivity (Wildman–Crippen MR) is 122 cm³/mol. The number of hydrogen-bond donors (Lipinski definition) is 2. The van der Waals surface area contributed by atoms with Crippen molar-refractivity contribution in [2.45, 2.75) is 45.4 Å². The molecule has 3 rings (SSSR count). The van der Waals surface area contributed by atoms with E-state index in [0.717, 1.165) is 23.4 Å². The summed E-state index contributed by atoms with van der Waals surface area (Å²) in [7, 11) is 0. The molecule has 1 aliphatic carbocycles. The molecule has 0 heterocycles. The van der Waals surface area contributed by atoms with Gasteiger partial charge >= 0.3 is 0 Å². The number of benzene rings is 2. The Labute approximate surface area is 182 Å². The van der Waals surface area contributed by atoms with E-state index in [-0.39, 0.29) is 17.5 Å². The van der Waals surface area contributed by atoms with Gasteiger partial charge in [0.1, 0.15) is 12.4 Å². The average molecular weight is 427 g/mol. The van der Waals surface area contributed by atoms with Crippen LogP contribution in [0.4, 0.5) is 11.4 Å². The Kier molecular flexibility index (Phi) is 7.52. The number of allylic oxidation sites excluding steroid dienone is 2. The summed E-state index contributed by atoms with van der Waals surface area (Å²) in [5, 5.41) is 18.7. The van der Waals surface area contributed by atoms with E-state index < -0.39 is 0 Å². The first-order valence-electron chi connectivity index (χ1n) is 10.3. The largest absolute Gasteiger partial charge is 0.511 e. The second-order valence-electron chi connectivity index (χ2n) is 7.31. The van der Waals surface area contributed by atoms with Gasteiger partial charge in [0.15, 0.2) is 5.78 Å². The molecular formula is C24H27ClN2O3. The number of halogens is 1. The van der Waals surface area contributed by atoms with Crippen LogP contribution in [0, 0.1) is 0 Å². The molecule has 1 aliphatic rings. The van der Waals surface area contributed by atoms with E-state index in [9.17, 15) is 9.90 Å². The van der Waals surface area contributed by atoms with Crippen molar-refractivity contribution in [2.75, 3.05) is 11.9 Å². The fourth-order valence-corrected chi connectivity index (χ4v) is 3.72. The number of nitrogens with zero attached hydrogens (tertiary/aromatic N) is 1. The fourth-order valence-electron chi connectivity index (χ4n) is 3.59. The van der Waals surface area contributed by atoms with Crippen LogP contribution >= 0.6 is 11.6 Å². The van der Waals surface area contributed by atoms with Crippen molar-refractivity contribution in [3.05, 3.63) is 70.4 Å². The van der Waals surface area contributed by atoms with Crippen molar-refractivity contribution in [3.63, 3.8) is 0 Å². The number of hydrogen-bond acceptors (Lipinski definition) is 5. The minimum absolute atomic E-state index is 0.0548. The molecule has 2 aromatic carbocycles. The standard InChI is InChI=1S/C24H27ClN2O3/c1-3-5-21(27-30-4-2)24-22(28)14-17(15-23(24)29)16-6-10-19(11-7-16)26-20-12-8-18(25)9-13-20/h6-13,17,26,28H,3-5,14-15H2,1-2H3. The van der Waals surface area contributed by atoms with Gasteiger partial charge in [0.2, 0.25) is 0 Å². The molecule has 30 heavy (non-hydrogen) atoms. The van der Waals surface area contributed by atoms with Crippen molar-refractivity contribution in [3.8, 4) is 0 Å². The Hall–Kier alpha value is -2.79. The molecule has 0 saturated heterocycles. The fraction of sp³-hybridized carbons (Fsp3) is 0.333. The van der Waals surface area contributed by atoms with E-state index >= 15 is 0 Å². The molecule has 0 amide bonds. The summed E-state index contributed by atoms with van der Waals surface area (Å²) in [5.41, 5.74) is 3.79. The van der Waals surface area contributed by atoms with Crippen molar-refractivity contribution in [1.82, 2.24) is 0 Å². The van der Waals surface area contributed by atoms with Crippen molar-refractivity contribution >= 4 is 34.5 Å². The van der Waals surface area contributed by atoms with Crippen LogP contribution in [0.2, 0.25) is 5.02 Å². The molecule has 5 nitrogen and oxygen atoms in total. The highest BCUT2D eigenvalue weighted by Crippen LogP contribution is 2.35. The number of oxime groups is 1. The number of nitrogens with one attached hydrogen (secondary N) is 1. The lowest BCUT2D eigenvalue weighted by Crippen LogP contribution is -2.24. The van der Waals surface area contributed by atoms with E-state index in [2.05, 4.69) is 10.5 Å². The zero-order valence-corrected chi connectivity index (χ0v) is 18.1. The van der Waals surface area contributed by atoms with Gasteiger partial charge in [-0.1, -0.05) is 42.2 Å². The Balaban J connectivity index is 1.74. The van der Waals surface area contributed by atoms with E-state index in [4.69, 9.17) is 16.4 Å². The third kappa shape index (κ3) is 5.42. The van der Waals surface area contributed by atoms with Gasteiger partial charge in [-0.3, -0.25) is 4.79 Å². The normalized spacial score (nSPS) is 17.2. The summed E-state index contributed by atoms with van der Waals surface area (Å²) in [5.74, 6) is -0.0358. The maximum atomic E-state index is 12.8. The number of ketones is 1. The highest BCUT2D eigenvalue weighted by atomic mass is 35.5. The molecule has 0 spiro atoms. The van der Waals surface area contributed by atoms with Gasteiger partial charge in [0.05, 0.1) is 11.3 Å². The zero-order valence-electron chi connectivity index (χ0n) is 17.3. The quantitative estimate of drug-likeness (QED) is 0.371. The minimum Gasteiger partial charge on any atom is -0.511 e. The number of rotatable bonds is 8. The van der Waals surface area contributed by atoms with E-state index in [1.807, 2.05) is 62.4 Å². The number of carbonyl (C=O) groups excluding carboxylic acids is 1. The molecule has 0 aromatic heterocycles. The van der Waals surface area contributed by atoms with Crippen LogP contribution in [-0.2, 0) is 9.63 Å². The summed E-state index contributed by atoms with van der Waals surface area (Å²) in [6, 6.07) is 15.4. The minimum atomic E-state index is -0.0842. The lowest BCUT2D eigenvalue weighted by atomic mass is 9.81. The SMILES string of the molecule is CCCC(=NOCC)C1=C(O)CC(c2ccc(Nc3ccc(Cl)cc3)cc2)CC1=O. The third-order valence-corrected chi connectivity index (χ3v) is 5.29.